The van der Waals surface area contributed by atoms with Crippen LogP contribution in [0.25, 0.3) is 0 Å². The number of unbranched alkanes of at least 4 members (excludes halogenated alkanes) is 1. The van der Waals surface area contributed by atoms with Gasteiger partial charge in [0.2, 0.25) is 5.91 Å². The molecule has 120 valence electrons. The van der Waals surface area contributed by atoms with Gasteiger partial charge in [0, 0.05) is 24.5 Å². The molecule has 5 heteroatoms. The van der Waals surface area contributed by atoms with E-state index in [9.17, 15) is 4.79 Å². The summed E-state index contributed by atoms with van der Waals surface area (Å²) in [6.45, 7) is 8.28. The number of nitrogens with one attached hydrogen (secondary N) is 2. The van der Waals surface area contributed by atoms with Crippen LogP contribution in [0.15, 0.2) is 0 Å². The third kappa shape index (κ3) is 5.58. The van der Waals surface area contributed by atoms with Gasteiger partial charge in [-0.15, -0.1) is 12.4 Å². The van der Waals surface area contributed by atoms with Crippen LogP contribution in [-0.2, 0) is 9.53 Å². The van der Waals surface area contributed by atoms with Crippen LogP contribution in [0.5, 0.6) is 0 Å². The van der Waals surface area contributed by atoms with Gasteiger partial charge in [0.15, 0.2) is 0 Å². The minimum absolute atomic E-state index is 0. The van der Waals surface area contributed by atoms with Gasteiger partial charge in [0.25, 0.3) is 0 Å². The molecule has 1 saturated carbocycles. The van der Waals surface area contributed by atoms with Crippen LogP contribution in [0, 0.1) is 5.41 Å². The van der Waals surface area contributed by atoms with Gasteiger partial charge in [0.1, 0.15) is 0 Å². The van der Waals surface area contributed by atoms with Crippen LogP contribution in [0.3, 0.4) is 0 Å². The van der Waals surface area contributed by atoms with Crippen molar-refractivity contribution in [1.82, 2.24) is 10.6 Å². The fourth-order valence-corrected chi connectivity index (χ4v) is 2.48. The van der Waals surface area contributed by atoms with Crippen molar-refractivity contribution >= 4 is 18.3 Å². The maximum atomic E-state index is 11.8. The third-order valence-electron chi connectivity index (χ3n) is 4.16. The molecule has 20 heavy (non-hydrogen) atoms. The number of halogens is 1. The van der Waals surface area contributed by atoms with Gasteiger partial charge in [0.05, 0.1) is 6.10 Å². The highest BCUT2D eigenvalue weighted by Crippen LogP contribution is 2.42. The Morgan fingerprint density at radius 1 is 1.35 bits per heavy atom. The summed E-state index contributed by atoms with van der Waals surface area (Å²) in [7, 11) is 1.91. The van der Waals surface area contributed by atoms with Crippen LogP contribution in [-0.4, -0.2) is 38.3 Å². The lowest BCUT2D eigenvalue weighted by Gasteiger charge is -2.51. The van der Waals surface area contributed by atoms with E-state index in [1.54, 1.807) is 0 Å². The fourth-order valence-electron chi connectivity index (χ4n) is 2.48. The van der Waals surface area contributed by atoms with Crippen molar-refractivity contribution in [2.24, 2.45) is 5.41 Å². The van der Waals surface area contributed by atoms with Gasteiger partial charge in [-0.2, -0.15) is 0 Å². The average molecular weight is 307 g/mol. The predicted molar refractivity (Wildman–Crippen MR) is 85.4 cm³/mol. The van der Waals surface area contributed by atoms with Gasteiger partial charge < -0.3 is 15.4 Å². The first-order valence-corrected chi connectivity index (χ1v) is 7.58. The highest BCUT2D eigenvalue weighted by atomic mass is 35.5. The molecule has 0 aromatic rings. The summed E-state index contributed by atoms with van der Waals surface area (Å²) >= 11 is 0. The van der Waals surface area contributed by atoms with Crippen molar-refractivity contribution in [3.63, 3.8) is 0 Å². The van der Waals surface area contributed by atoms with Gasteiger partial charge in [-0.3, -0.25) is 4.79 Å². The molecule has 0 heterocycles. The zero-order valence-electron chi connectivity index (χ0n) is 13.3. The first-order valence-electron chi connectivity index (χ1n) is 7.58. The van der Waals surface area contributed by atoms with Crippen LogP contribution in [0.2, 0.25) is 0 Å². The Morgan fingerprint density at radius 2 is 2.05 bits per heavy atom. The average Bonchev–Trinajstić information content (AvgIpc) is 2.37. The summed E-state index contributed by atoms with van der Waals surface area (Å²) < 4.78 is 5.88. The minimum atomic E-state index is 0. The molecule has 2 unspecified atom stereocenters. The molecule has 0 aromatic heterocycles. The summed E-state index contributed by atoms with van der Waals surface area (Å²) in [5, 5.41) is 6.20. The molecule has 1 amide bonds. The SMILES string of the molecule is CCCCOC1CC(NC(=O)CCCNC)C1(C)C.Cl. The summed E-state index contributed by atoms with van der Waals surface area (Å²) in [4.78, 5) is 11.8. The Kier molecular flexibility index (Phi) is 9.43. The van der Waals surface area contributed by atoms with Crippen LogP contribution in [0.1, 0.15) is 52.9 Å². The van der Waals surface area contributed by atoms with E-state index in [0.29, 0.717) is 12.5 Å². The highest BCUT2D eigenvalue weighted by molar-refractivity contribution is 5.85. The molecule has 1 fully saturated rings. The largest absolute Gasteiger partial charge is 0.378 e. The molecule has 0 radical (unpaired) electrons. The number of carbonyl (C=O) groups is 1. The highest BCUT2D eigenvalue weighted by Gasteiger charge is 2.49. The second-order valence-corrected chi connectivity index (χ2v) is 6.10. The Morgan fingerprint density at radius 3 is 2.60 bits per heavy atom. The maximum absolute atomic E-state index is 11.8. The maximum Gasteiger partial charge on any atom is 0.220 e. The number of hydrogen-bond acceptors (Lipinski definition) is 3. The minimum Gasteiger partial charge on any atom is -0.378 e. The van der Waals surface area contributed by atoms with Gasteiger partial charge in [-0.25, -0.2) is 0 Å². The fraction of sp³-hybridized carbons (Fsp3) is 0.933. The smallest absolute Gasteiger partial charge is 0.220 e. The molecule has 2 N–H and O–H groups in total. The second kappa shape index (κ2) is 9.59. The van der Waals surface area contributed by atoms with E-state index in [0.717, 1.165) is 32.4 Å². The molecule has 1 aliphatic rings. The van der Waals surface area contributed by atoms with E-state index in [-0.39, 0.29) is 29.8 Å². The summed E-state index contributed by atoms with van der Waals surface area (Å²) in [6, 6.07) is 0.265. The normalized spacial score (nSPS) is 23.6. The van der Waals surface area contributed by atoms with E-state index in [1.807, 2.05) is 7.05 Å². The number of rotatable bonds is 9. The summed E-state index contributed by atoms with van der Waals surface area (Å²) in [6.07, 6.45) is 5.03. The van der Waals surface area contributed by atoms with Crippen molar-refractivity contribution in [3.05, 3.63) is 0 Å². The van der Waals surface area contributed by atoms with Crippen LogP contribution in [0.4, 0.5) is 0 Å². The first kappa shape index (κ1) is 19.7. The molecule has 0 saturated heterocycles. The number of hydrogen-bond donors (Lipinski definition) is 2. The van der Waals surface area contributed by atoms with Crippen LogP contribution >= 0.6 is 12.4 Å². The topological polar surface area (TPSA) is 50.4 Å². The Labute approximate surface area is 129 Å². The number of amides is 1. The summed E-state index contributed by atoms with van der Waals surface area (Å²) in [5.41, 5.74) is 0.0619. The van der Waals surface area contributed by atoms with Crippen molar-refractivity contribution < 1.29 is 9.53 Å². The molecule has 0 spiro atoms. The van der Waals surface area contributed by atoms with Crippen molar-refractivity contribution in [2.75, 3.05) is 20.2 Å². The van der Waals surface area contributed by atoms with E-state index < -0.39 is 0 Å². The Balaban J connectivity index is 0.00000361. The van der Waals surface area contributed by atoms with Gasteiger partial charge in [-0.1, -0.05) is 27.2 Å². The molecular weight excluding hydrogens is 276 g/mol. The number of ether oxygens (including phenoxy) is 1. The lowest BCUT2D eigenvalue weighted by atomic mass is 9.64. The molecule has 0 bridgehead atoms. The molecule has 0 aromatic carbocycles. The van der Waals surface area contributed by atoms with Crippen molar-refractivity contribution in [1.29, 1.82) is 0 Å². The van der Waals surface area contributed by atoms with E-state index in [1.165, 1.54) is 6.42 Å². The molecule has 1 aliphatic carbocycles. The standard InChI is InChI=1S/C15H30N2O2.ClH/c1-5-6-10-19-13-11-12(15(13,2)3)17-14(18)8-7-9-16-4;/h12-13,16H,5-11H2,1-4H3,(H,17,18);1H. The number of carbonyl (C=O) groups excluding carboxylic acids is 1. The zero-order chi connectivity index (χ0) is 14.3. The molecule has 4 nitrogen and oxygen atoms in total. The summed E-state index contributed by atoms with van der Waals surface area (Å²) in [5.74, 6) is 0.167. The lowest BCUT2D eigenvalue weighted by Crippen LogP contribution is -2.62. The molecule has 0 aliphatic heterocycles. The molecular formula is C15H31ClN2O2. The second-order valence-electron chi connectivity index (χ2n) is 6.10. The predicted octanol–water partition coefficient (Wildman–Crippen LogP) is 2.51. The van der Waals surface area contributed by atoms with Crippen molar-refractivity contribution in [3.8, 4) is 0 Å². The Hall–Kier alpha value is -0.320. The lowest BCUT2D eigenvalue weighted by molar-refractivity contribution is -0.138. The third-order valence-corrected chi connectivity index (χ3v) is 4.16. The van der Waals surface area contributed by atoms with E-state index in [2.05, 4.69) is 31.4 Å². The Bertz CT molecular complexity index is 285. The molecule has 1 rings (SSSR count). The van der Waals surface area contributed by atoms with Gasteiger partial charge in [-0.05, 0) is 32.9 Å². The quantitative estimate of drug-likeness (QED) is 0.644. The monoisotopic (exact) mass is 306 g/mol. The van der Waals surface area contributed by atoms with E-state index in [4.69, 9.17) is 4.74 Å². The van der Waals surface area contributed by atoms with Gasteiger partial charge >= 0.3 is 0 Å². The first-order chi connectivity index (χ1) is 9.02. The van der Waals surface area contributed by atoms with Crippen molar-refractivity contribution in [2.45, 2.75) is 65.0 Å². The molecule has 2 atom stereocenters. The van der Waals surface area contributed by atoms with Crippen LogP contribution < -0.4 is 10.6 Å². The zero-order valence-corrected chi connectivity index (χ0v) is 14.1. The van der Waals surface area contributed by atoms with E-state index >= 15 is 0 Å².